The van der Waals surface area contributed by atoms with Crippen molar-refractivity contribution in [2.45, 2.75) is 0 Å². The zero-order chi connectivity index (χ0) is 13.3. The summed E-state index contributed by atoms with van der Waals surface area (Å²) in [5.41, 5.74) is 6.18. The lowest BCUT2D eigenvalue weighted by Crippen LogP contribution is -2.08. The number of nitrogens with two attached hydrogens (primary N) is 1. The Hall–Kier alpha value is -1.16. The first-order chi connectivity index (χ1) is 7.81. The smallest absolute Gasteiger partial charge is 0.397 e. The van der Waals surface area contributed by atoms with E-state index in [0.29, 0.717) is 0 Å². The molecular formula is C8H13NO6S2. The van der Waals surface area contributed by atoms with E-state index in [9.17, 15) is 16.8 Å². The molecular weight excluding hydrogens is 270 g/mol. The van der Waals surface area contributed by atoms with Gasteiger partial charge in [-0.1, -0.05) is 18.2 Å². The van der Waals surface area contributed by atoms with Crippen LogP contribution in [0.2, 0.25) is 0 Å². The van der Waals surface area contributed by atoms with Crippen LogP contribution in [0.1, 0.15) is 0 Å². The molecule has 3 N–H and O–H groups in total. The molecule has 1 aromatic carbocycles. The number of rotatable bonds is 4. The molecule has 0 bridgehead atoms. The quantitative estimate of drug-likeness (QED) is 0.393. The van der Waals surface area contributed by atoms with Gasteiger partial charge >= 0.3 is 10.4 Å². The van der Waals surface area contributed by atoms with Gasteiger partial charge in [0.05, 0.1) is 12.4 Å². The maximum absolute atomic E-state index is 9.77. The van der Waals surface area contributed by atoms with Crippen molar-refractivity contribution in [2.75, 3.05) is 18.1 Å². The maximum Gasteiger partial charge on any atom is 0.397 e. The lowest BCUT2D eigenvalue weighted by molar-refractivity contribution is 0.284. The molecule has 0 aliphatic rings. The van der Waals surface area contributed by atoms with Crippen molar-refractivity contribution in [1.29, 1.82) is 0 Å². The Balaban J connectivity index is 0.000000318. The monoisotopic (exact) mass is 283 g/mol. The minimum atomic E-state index is -4.49. The highest BCUT2D eigenvalue weighted by Gasteiger charge is 2.02. The molecule has 0 radical (unpaired) electrons. The summed E-state index contributed by atoms with van der Waals surface area (Å²) in [6, 6.07) is 9.49. The zero-order valence-electron chi connectivity index (χ0n) is 8.72. The Morgan fingerprint density at radius 3 is 2.06 bits per heavy atom. The lowest BCUT2D eigenvalue weighted by Gasteiger charge is -1.92. The topological polar surface area (TPSA) is 124 Å². The Morgan fingerprint density at radius 1 is 1.24 bits per heavy atom. The fourth-order valence-corrected chi connectivity index (χ4v) is 1.33. The third-order valence-corrected chi connectivity index (χ3v) is 2.32. The van der Waals surface area contributed by atoms with Gasteiger partial charge in [0, 0.05) is 5.69 Å². The van der Waals surface area contributed by atoms with Crippen LogP contribution in [-0.2, 0) is 25.3 Å². The van der Waals surface area contributed by atoms with E-state index in [-0.39, 0.29) is 0 Å². The number of benzene rings is 1. The Bertz CT molecular complexity index is 474. The van der Waals surface area contributed by atoms with Crippen LogP contribution in [0.5, 0.6) is 0 Å². The average molecular weight is 283 g/mol. The second-order valence-electron chi connectivity index (χ2n) is 2.72. The van der Waals surface area contributed by atoms with Gasteiger partial charge in [-0.3, -0.25) is 4.55 Å². The van der Waals surface area contributed by atoms with Crippen LogP contribution in [0.25, 0.3) is 0 Å². The van der Waals surface area contributed by atoms with Gasteiger partial charge in [-0.25, -0.2) is 12.6 Å². The molecule has 0 fully saturated rings. The summed E-state index contributed by atoms with van der Waals surface area (Å²) >= 11 is 0. The van der Waals surface area contributed by atoms with Crippen LogP contribution in [0.4, 0.5) is 5.69 Å². The van der Waals surface area contributed by atoms with Gasteiger partial charge in [-0.05, 0) is 12.1 Å². The molecule has 0 aromatic heterocycles. The first-order valence-electron chi connectivity index (χ1n) is 4.35. The van der Waals surface area contributed by atoms with Crippen molar-refractivity contribution in [3.05, 3.63) is 30.3 Å². The first-order valence-corrected chi connectivity index (χ1v) is 7.08. The van der Waals surface area contributed by atoms with Crippen LogP contribution in [0, 0.1) is 0 Å². The van der Waals surface area contributed by atoms with Gasteiger partial charge in [-0.15, -0.1) is 0 Å². The van der Waals surface area contributed by atoms with Gasteiger partial charge in [-0.2, -0.15) is 8.42 Å². The summed E-state index contributed by atoms with van der Waals surface area (Å²) in [5, 5.41) is 0. The van der Waals surface area contributed by atoms with Gasteiger partial charge in [0.15, 0.2) is 0 Å². The minimum Gasteiger partial charge on any atom is -0.399 e. The Labute approximate surface area is 101 Å². The fourth-order valence-electron chi connectivity index (χ4n) is 0.670. The van der Waals surface area contributed by atoms with E-state index in [0.717, 1.165) is 5.69 Å². The number of thiol groups is 1. The lowest BCUT2D eigenvalue weighted by atomic mass is 10.3. The van der Waals surface area contributed by atoms with Crippen LogP contribution in [0.3, 0.4) is 0 Å². The highest BCUT2D eigenvalue weighted by Crippen LogP contribution is 1.95. The highest BCUT2D eigenvalue weighted by molar-refractivity contribution is 7.81. The van der Waals surface area contributed by atoms with E-state index in [4.69, 9.17) is 10.3 Å². The average Bonchev–Trinajstić information content (AvgIpc) is 2.17. The molecule has 1 rings (SSSR count). The molecule has 98 valence electrons. The molecule has 0 unspecified atom stereocenters. The predicted octanol–water partition coefficient (Wildman–Crippen LogP) is -0.314. The van der Waals surface area contributed by atoms with Gasteiger partial charge in [0.25, 0.3) is 0 Å². The van der Waals surface area contributed by atoms with E-state index < -0.39 is 33.5 Å². The summed E-state index contributed by atoms with van der Waals surface area (Å²) in [7, 11) is -7.14. The van der Waals surface area contributed by atoms with Crippen LogP contribution in [-0.4, -0.2) is 33.7 Å². The maximum atomic E-state index is 9.77. The fraction of sp³-hybridized carbons (Fsp3) is 0.250. The van der Waals surface area contributed by atoms with E-state index in [1.54, 1.807) is 0 Å². The molecule has 9 heteroatoms. The van der Waals surface area contributed by atoms with Crippen molar-refractivity contribution in [2.24, 2.45) is 0 Å². The Morgan fingerprint density at radius 2 is 1.76 bits per heavy atom. The zero-order valence-corrected chi connectivity index (χ0v) is 10.4. The van der Waals surface area contributed by atoms with Crippen LogP contribution >= 0.6 is 0 Å². The molecule has 0 spiro atoms. The molecule has 17 heavy (non-hydrogen) atoms. The number of anilines is 1. The first kappa shape index (κ1) is 15.8. The second kappa shape index (κ2) is 8.01. The largest absolute Gasteiger partial charge is 0.399 e. The number of para-hydroxylation sites is 1. The third-order valence-electron chi connectivity index (χ3n) is 1.31. The van der Waals surface area contributed by atoms with Crippen molar-refractivity contribution >= 4 is 26.8 Å². The summed E-state index contributed by atoms with van der Waals surface area (Å²) in [5.74, 6) is -0.422. The molecule has 0 saturated heterocycles. The molecule has 0 amide bonds. The SMILES string of the molecule is Nc1ccccc1.O=[SH](=O)CCOS(=O)(=O)O. The van der Waals surface area contributed by atoms with Gasteiger partial charge < -0.3 is 5.73 Å². The van der Waals surface area contributed by atoms with Crippen molar-refractivity contribution in [3.8, 4) is 0 Å². The molecule has 7 nitrogen and oxygen atoms in total. The molecule has 0 saturated carbocycles. The van der Waals surface area contributed by atoms with E-state index in [1.807, 2.05) is 30.3 Å². The molecule has 0 aliphatic heterocycles. The van der Waals surface area contributed by atoms with Gasteiger partial charge in [0.1, 0.15) is 10.7 Å². The standard InChI is InChI=1S/C6H7N.C2H6O6S2/c7-6-4-2-1-3-5-6;3-9(4)2-1-8-10(5,6)7/h1-5H,7H2;9H,1-2H2,(H,5,6,7). The van der Waals surface area contributed by atoms with E-state index in [1.165, 1.54) is 0 Å². The second-order valence-corrected chi connectivity index (χ2v) is 4.92. The van der Waals surface area contributed by atoms with Crippen molar-refractivity contribution < 1.29 is 25.6 Å². The molecule has 0 atom stereocenters. The predicted molar refractivity (Wildman–Crippen MR) is 63.5 cm³/mol. The number of hydrogen-bond donors (Lipinski definition) is 3. The van der Waals surface area contributed by atoms with Crippen LogP contribution in [0.15, 0.2) is 30.3 Å². The third kappa shape index (κ3) is 12.8. The number of nitrogen functional groups attached to an aromatic ring is 1. The molecule has 0 aliphatic carbocycles. The van der Waals surface area contributed by atoms with E-state index in [2.05, 4.69) is 4.18 Å². The van der Waals surface area contributed by atoms with Crippen LogP contribution < -0.4 is 5.73 Å². The van der Waals surface area contributed by atoms with Crippen molar-refractivity contribution in [1.82, 2.24) is 0 Å². The number of hydrogen-bond acceptors (Lipinski definition) is 6. The van der Waals surface area contributed by atoms with Gasteiger partial charge in [0.2, 0.25) is 0 Å². The summed E-state index contributed by atoms with van der Waals surface area (Å²) in [6.07, 6.45) is 0. The minimum absolute atomic E-state index is 0.422. The summed E-state index contributed by atoms with van der Waals surface area (Å²) in [4.78, 5) is 0. The Kier molecular flexibility index (Phi) is 7.46. The molecule has 1 aromatic rings. The summed E-state index contributed by atoms with van der Waals surface area (Å²) < 4.78 is 50.6. The molecule has 0 heterocycles. The summed E-state index contributed by atoms with van der Waals surface area (Å²) in [6.45, 7) is -0.544. The normalized spacial score (nSPS) is 10.7. The van der Waals surface area contributed by atoms with Crippen molar-refractivity contribution in [3.63, 3.8) is 0 Å². The van der Waals surface area contributed by atoms with E-state index >= 15 is 0 Å². The highest BCUT2D eigenvalue weighted by atomic mass is 32.3.